The van der Waals surface area contributed by atoms with Gasteiger partial charge >= 0.3 is 5.97 Å². The normalized spacial score (nSPS) is 11.6. The largest absolute Gasteiger partial charge is 0.452 e. The van der Waals surface area contributed by atoms with Gasteiger partial charge in [0.2, 0.25) is 0 Å². The Hall–Kier alpha value is -2.24. The zero-order valence-corrected chi connectivity index (χ0v) is 16.3. The van der Waals surface area contributed by atoms with Gasteiger partial charge < -0.3 is 15.0 Å². The van der Waals surface area contributed by atoms with Gasteiger partial charge in [-0.3, -0.25) is 4.79 Å². The van der Waals surface area contributed by atoms with Crippen LogP contribution in [0.2, 0.25) is 10.0 Å². The number of carbonyl (C=O) groups is 2. The predicted molar refractivity (Wildman–Crippen MR) is 104 cm³/mol. The number of rotatable bonds is 6. The molecule has 0 saturated carbocycles. The first-order chi connectivity index (χ1) is 12.3. The van der Waals surface area contributed by atoms with Crippen LogP contribution in [0.3, 0.4) is 0 Å². The maximum absolute atomic E-state index is 12.0. The van der Waals surface area contributed by atoms with Crippen molar-refractivity contribution in [2.24, 2.45) is 0 Å². The van der Waals surface area contributed by atoms with E-state index in [2.05, 4.69) is 5.32 Å². The highest BCUT2D eigenvalue weighted by atomic mass is 35.5. The van der Waals surface area contributed by atoms with Crippen molar-refractivity contribution in [3.8, 4) is 0 Å². The first-order valence-electron chi connectivity index (χ1n) is 7.96. The monoisotopic (exact) mass is 394 g/mol. The lowest BCUT2D eigenvalue weighted by Gasteiger charge is -2.15. The van der Waals surface area contributed by atoms with Crippen LogP contribution in [-0.4, -0.2) is 32.6 Å². The van der Waals surface area contributed by atoms with Crippen LogP contribution in [0.4, 0.5) is 5.69 Å². The average molecular weight is 395 g/mol. The van der Waals surface area contributed by atoms with Crippen LogP contribution in [0.5, 0.6) is 0 Å². The number of carbonyl (C=O) groups excluding carboxylic acids is 2. The average Bonchev–Trinajstić information content (AvgIpc) is 2.62. The molecule has 0 aliphatic carbocycles. The Labute approximate surface area is 162 Å². The predicted octanol–water partition coefficient (Wildman–Crippen LogP) is 4.09. The van der Waals surface area contributed by atoms with E-state index in [1.807, 2.05) is 31.1 Å². The molecule has 1 atom stereocenters. The van der Waals surface area contributed by atoms with E-state index in [1.54, 1.807) is 37.3 Å². The maximum atomic E-state index is 12.0. The van der Waals surface area contributed by atoms with Crippen molar-refractivity contribution in [2.75, 3.05) is 25.6 Å². The molecule has 0 saturated heterocycles. The molecule has 7 heteroatoms. The summed E-state index contributed by atoms with van der Waals surface area (Å²) in [6, 6.07) is 11.8. The summed E-state index contributed by atoms with van der Waals surface area (Å²) in [5.74, 6) is -0.950. The van der Waals surface area contributed by atoms with Crippen LogP contribution in [0.1, 0.15) is 28.9 Å². The minimum Gasteiger partial charge on any atom is -0.452 e. The summed E-state index contributed by atoms with van der Waals surface area (Å²) in [4.78, 5) is 25.9. The SMILES string of the molecule is C[C@@H](NC(=O)COC(=O)c1ccc(N(C)C)cc1)c1ccc(Cl)c(Cl)c1. The number of nitrogens with zero attached hydrogens (tertiary/aromatic N) is 1. The summed E-state index contributed by atoms with van der Waals surface area (Å²) in [7, 11) is 3.82. The molecule has 0 fully saturated rings. The van der Waals surface area contributed by atoms with Gasteiger partial charge in [-0.1, -0.05) is 29.3 Å². The Balaban J connectivity index is 1.87. The highest BCUT2D eigenvalue weighted by Gasteiger charge is 2.14. The Morgan fingerprint density at radius 2 is 1.73 bits per heavy atom. The maximum Gasteiger partial charge on any atom is 0.338 e. The van der Waals surface area contributed by atoms with Crippen molar-refractivity contribution in [2.45, 2.75) is 13.0 Å². The summed E-state index contributed by atoms with van der Waals surface area (Å²) >= 11 is 11.9. The van der Waals surface area contributed by atoms with Crippen molar-refractivity contribution in [3.05, 3.63) is 63.6 Å². The number of esters is 1. The summed E-state index contributed by atoms with van der Waals surface area (Å²) in [5, 5.41) is 3.61. The molecule has 0 aliphatic rings. The van der Waals surface area contributed by atoms with Crippen LogP contribution >= 0.6 is 23.2 Å². The zero-order valence-electron chi connectivity index (χ0n) is 14.8. The van der Waals surface area contributed by atoms with Gasteiger partial charge in [-0.2, -0.15) is 0 Å². The Morgan fingerprint density at radius 3 is 2.31 bits per heavy atom. The highest BCUT2D eigenvalue weighted by Crippen LogP contribution is 2.25. The lowest BCUT2D eigenvalue weighted by atomic mass is 10.1. The fourth-order valence-electron chi connectivity index (χ4n) is 2.26. The molecule has 1 amide bonds. The molecule has 0 aliphatic heterocycles. The molecular formula is C19H20Cl2N2O3. The molecule has 0 spiro atoms. The van der Waals surface area contributed by atoms with Gasteiger partial charge in [0, 0.05) is 19.8 Å². The number of nitrogens with one attached hydrogen (secondary N) is 1. The molecule has 0 bridgehead atoms. The number of anilines is 1. The smallest absolute Gasteiger partial charge is 0.338 e. The van der Waals surface area contributed by atoms with Crippen LogP contribution in [-0.2, 0) is 9.53 Å². The lowest BCUT2D eigenvalue weighted by molar-refractivity contribution is -0.124. The number of amides is 1. The van der Waals surface area contributed by atoms with E-state index in [0.717, 1.165) is 11.3 Å². The van der Waals surface area contributed by atoms with E-state index < -0.39 is 11.9 Å². The second-order valence-electron chi connectivity index (χ2n) is 5.98. The third kappa shape index (κ3) is 5.38. The van der Waals surface area contributed by atoms with E-state index in [1.165, 1.54) is 0 Å². The summed E-state index contributed by atoms with van der Waals surface area (Å²) < 4.78 is 5.06. The third-order valence-electron chi connectivity index (χ3n) is 3.77. The summed E-state index contributed by atoms with van der Waals surface area (Å²) in [5.41, 5.74) is 2.16. The van der Waals surface area contributed by atoms with Crippen LogP contribution in [0.15, 0.2) is 42.5 Å². The number of benzene rings is 2. The quantitative estimate of drug-likeness (QED) is 0.749. The van der Waals surface area contributed by atoms with E-state index in [9.17, 15) is 9.59 Å². The van der Waals surface area contributed by atoms with E-state index in [-0.39, 0.29) is 12.6 Å². The Kier molecular flexibility index (Phi) is 6.89. The van der Waals surface area contributed by atoms with Gasteiger partial charge in [0.15, 0.2) is 6.61 Å². The highest BCUT2D eigenvalue weighted by molar-refractivity contribution is 6.42. The van der Waals surface area contributed by atoms with Crippen molar-refractivity contribution in [3.63, 3.8) is 0 Å². The van der Waals surface area contributed by atoms with Gasteiger partial charge in [0.25, 0.3) is 5.91 Å². The second-order valence-corrected chi connectivity index (χ2v) is 6.79. The van der Waals surface area contributed by atoms with Crippen molar-refractivity contribution < 1.29 is 14.3 Å². The lowest BCUT2D eigenvalue weighted by Crippen LogP contribution is -2.31. The van der Waals surface area contributed by atoms with Gasteiger partial charge in [0.05, 0.1) is 21.7 Å². The van der Waals surface area contributed by atoms with E-state index >= 15 is 0 Å². The van der Waals surface area contributed by atoms with Gasteiger partial charge in [0.1, 0.15) is 0 Å². The van der Waals surface area contributed by atoms with Crippen molar-refractivity contribution >= 4 is 40.8 Å². The molecule has 0 aromatic heterocycles. The summed E-state index contributed by atoms with van der Waals surface area (Å²) in [6.45, 7) is 1.44. The van der Waals surface area contributed by atoms with Crippen molar-refractivity contribution in [1.82, 2.24) is 5.32 Å². The topological polar surface area (TPSA) is 58.6 Å². The zero-order chi connectivity index (χ0) is 19.3. The number of hydrogen-bond donors (Lipinski definition) is 1. The number of halogens is 2. The second kappa shape index (κ2) is 8.92. The van der Waals surface area contributed by atoms with Gasteiger partial charge in [-0.15, -0.1) is 0 Å². The minimum absolute atomic E-state index is 0.296. The van der Waals surface area contributed by atoms with Crippen LogP contribution in [0, 0.1) is 0 Å². The molecule has 2 rings (SSSR count). The van der Waals surface area contributed by atoms with E-state index in [0.29, 0.717) is 15.6 Å². The first-order valence-corrected chi connectivity index (χ1v) is 8.72. The van der Waals surface area contributed by atoms with Crippen LogP contribution < -0.4 is 10.2 Å². The molecule has 0 radical (unpaired) electrons. The van der Waals surface area contributed by atoms with Gasteiger partial charge in [-0.25, -0.2) is 4.79 Å². The minimum atomic E-state index is -0.548. The molecule has 138 valence electrons. The fraction of sp³-hybridized carbons (Fsp3) is 0.263. The molecule has 2 aromatic rings. The fourth-order valence-corrected chi connectivity index (χ4v) is 2.56. The third-order valence-corrected chi connectivity index (χ3v) is 4.51. The number of ether oxygens (including phenoxy) is 1. The first kappa shape index (κ1) is 20.1. The summed E-state index contributed by atoms with van der Waals surface area (Å²) in [6.07, 6.45) is 0. The molecular weight excluding hydrogens is 375 g/mol. The molecule has 0 heterocycles. The molecule has 1 N–H and O–H groups in total. The van der Waals surface area contributed by atoms with E-state index in [4.69, 9.17) is 27.9 Å². The standard InChI is InChI=1S/C19H20Cl2N2O3/c1-12(14-6-9-16(20)17(21)10-14)22-18(24)11-26-19(25)13-4-7-15(8-5-13)23(2)3/h4-10,12H,11H2,1-3H3,(H,22,24)/t12-/m1/s1. The van der Waals surface area contributed by atoms with Gasteiger partial charge in [-0.05, 0) is 48.9 Å². The Bertz CT molecular complexity index is 792. The van der Waals surface area contributed by atoms with Crippen molar-refractivity contribution in [1.29, 1.82) is 0 Å². The molecule has 0 unspecified atom stereocenters. The molecule has 26 heavy (non-hydrogen) atoms. The number of hydrogen-bond acceptors (Lipinski definition) is 4. The van der Waals surface area contributed by atoms with Crippen LogP contribution in [0.25, 0.3) is 0 Å². The molecule has 5 nitrogen and oxygen atoms in total. The Morgan fingerprint density at radius 1 is 1.08 bits per heavy atom. The molecule has 2 aromatic carbocycles.